The topological polar surface area (TPSA) is 124 Å². The van der Waals surface area contributed by atoms with Gasteiger partial charge in [-0.25, -0.2) is 14.8 Å². The molecule has 0 aliphatic heterocycles. The van der Waals surface area contributed by atoms with Gasteiger partial charge in [0.05, 0.1) is 16.6 Å². The number of carbonyl (C=O) groups is 1. The summed E-state index contributed by atoms with van der Waals surface area (Å²) in [6, 6.07) is 30.7. The number of hydrogen-bond acceptors (Lipinski definition) is 7. The molecule has 0 aliphatic carbocycles. The predicted molar refractivity (Wildman–Crippen MR) is 180 cm³/mol. The third-order valence-electron chi connectivity index (χ3n) is 8.08. The minimum absolute atomic E-state index is 0.303. The van der Waals surface area contributed by atoms with Crippen LogP contribution >= 0.6 is 0 Å². The van der Waals surface area contributed by atoms with Gasteiger partial charge in [0.1, 0.15) is 17.5 Å². The van der Waals surface area contributed by atoms with Crippen LogP contribution in [0.15, 0.2) is 108 Å². The third-order valence-corrected chi connectivity index (χ3v) is 8.08. The molecule has 0 unspecified atom stereocenters. The maximum absolute atomic E-state index is 13.6. The number of aromatic amines is 1. The van der Waals surface area contributed by atoms with E-state index < -0.39 is 5.97 Å². The first kappa shape index (κ1) is 29.0. The summed E-state index contributed by atoms with van der Waals surface area (Å²) < 4.78 is 3.45. The van der Waals surface area contributed by atoms with E-state index in [2.05, 4.69) is 86.2 Å². The van der Waals surface area contributed by atoms with E-state index in [1.54, 1.807) is 12.1 Å². The minimum Gasteiger partial charge on any atom is -0.363 e. The van der Waals surface area contributed by atoms with Crippen molar-refractivity contribution >= 4 is 44.6 Å². The van der Waals surface area contributed by atoms with E-state index in [-0.39, 0.29) is 5.56 Å². The molecule has 0 fully saturated rings. The highest BCUT2D eigenvalue weighted by Crippen LogP contribution is 2.33. The van der Waals surface area contributed by atoms with Gasteiger partial charge in [-0.2, -0.15) is 4.73 Å². The molecule has 0 atom stereocenters. The number of aromatic nitrogens is 5. The van der Waals surface area contributed by atoms with E-state index in [0.29, 0.717) is 53.9 Å². The summed E-state index contributed by atoms with van der Waals surface area (Å²) >= 11 is 0. The number of aryl methyl sites for hydroxylation is 1. The smallest absolute Gasteiger partial charge is 0.329 e. The molecule has 0 bridgehead atoms. The highest BCUT2D eigenvalue weighted by atomic mass is 16.7. The predicted octanol–water partition coefficient (Wildman–Crippen LogP) is 5.43. The highest BCUT2D eigenvalue weighted by molar-refractivity contribution is 5.98. The summed E-state index contributed by atoms with van der Waals surface area (Å²) in [5.41, 5.74) is 13.3. The highest BCUT2D eigenvalue weighted by Gasteiger charge is 2.19. The van der Waals surface area contributed by atoms with Crippen LogP contribution in [-0.4, -0.2) is 36.8 Å². The van der Waals surface area contributed by atoms with Crippen LogP contribution in [0, 0.1) is 0 Å². The second-order valence-corrected chi connectivity index (χ2v) is 11.3. The molecule has 0 aliphatic rings. The Morgan fingerprint density at radius 1 is 0.913 bits per heavy atom. The first-order chi connectivity index (χ1) is 22.5. The number of nitrogens with one attached hydrogen (secondary N) is 1. The van der Waals surface area contributed by atoms with Crippen molar-refractivity contribution in [3.63, 3.8) is 0 Å². The molecule has 0 saturated heterocycles. The van der Waals surface area contributed by atoms with Crippen LogP contribution in [0.3, 0.4) is 0 Å². The lowest BCUT2D eigenvalue weighted by Crippen LogP contribution is -2.22. The quantitative estimate of drug-likeness (QED) is 0.212. The zero-order valence-electron chi connectivity index (χ0n) is 25.4. The van der Waals surface area contributed by atoms with E-state index in [4.69, 9.17) is 15.6 Å². The monoisotopic (exact) mass is 611 g/mol. The average Bonchev–Trinajstić information content (AvgIpc) is 3.62. The number of imidazole rings is 1. The molecule has 0 saturated carbocycles. The molecular weight excluding hydrogens is 578 g/mol. The van der Waals surface area contributed by atoms with Crippen molar-refractivity contribution in [1.82, 2.24) is 24.2 Å². The Kier molecular flexibility index (Phi) is 7.78. The first-order valence-electron chi connectivity index (χ1n) is 15.2. The molecule has 0 spiro atoms. The van der Waals surface area contributed by atoms with Gasteiger partial charge in [-0.05, 0) is 54.4 Å². The summed E-state index contributed by atoms with van der Waals surface area (Å²) in [5.74, 6) is -0.468. The Morgan fingerprint density at radius 3 is 2.30 bits per heavy atom. The van der Waals surface area contributed by atoms with E-state index >= 15 is 0 Å². The number of H-pyrrole nitrogens is 1. The molecule has 10 heteroatoms. The van der Waals surface area contributed by atoms with Crippen molar-refractivity contribution in [1.29, 1.82) is 0 Å². The number of nitrogens with zero attached hydrogens (tertiary/aromatic N) is 5. The second-order valence-electron chi connectivity index (χ2n) is 11.3. The largest absolute Gasteiger partial charge is 0.363 e. The Hall–Kier alpha value is -5.74. The molecule has 4 aromatic carbocycles. The van der Waals surface area contributed by atoms with Crippen LogP contribution < -0.4 is 21.0 Å². The molecule has 3 N–H and O–H groups in total. The fourth-order valence-corrected chi connectivity index (χ4v) is 5.92. The average molecular weight is 612 g/mol. The Labute approximate surface area is 264 Å². The molecule has 46 heavy (non-hydrogen) atoms. The van der Waals surface area contributed by atoms with Gasteiger partial charge in [0, 0.05) is 54.9 Å². The van der Waals surface area contributed by atoms with Crippen LogP contribution in [0.1, 0.15) is 24.5 Å². The molecular formula is C36H33N7O3. The summed E-state index contributed by atoms with van der Waals surface area (Å²) in [7, 11) is 0. The standard InChI is InChI=1S/C36H33N7O3/c1-24(44)46-43-23-38-32-18-30-31(19-34(32)43)39-35(36(45)40-30)29-22-41(16-8-15-37)33-14-13-27(17-28(29)33)42(20-25-9-4-2-5-10-25)21-26-11-6-3-7-12-26/h2-7,9-14,17-19,22-23H,8,15-16,20-21,37H2,1H3,(H,40,45). The molecule has 0 amide bonds. The van der Waals surface area contributed by atoms with Crippen LogP contribution in [0.4, 0.5) is 5.69 Å². The molecule has 3 aromatic heterocycles. The maximum atomic E-state index is 13.6. The lowest BCUT2D eigenvalue weighted by Gasteiger charge is -2.26. The summed E-state index contributed by atoms with van der Waals surface area (Å²) in [5, 5.41) is 0.920. The van der Waals surface area contributed by atoms with Gasteiger partial charge in [0.2, 0.25) is 0 Å². The van der Waals surface area contributed by atoms with E-state index in [9.17, 15) is 9.59 Å². The lowest BCUT2D eigenvalue weighted by atomic mass is 10.1. The zero-order valence-corrected chi connectivity index (χ0v) is 25.4. The molecule has 0 radical (unpaired) electrons. The molecule has 10 nitrogen and oxygen atoms in total. The van der Waals surface area contributed by atoms with Gasteiger partial charge in [-0.15, -0.1) is 0 Å². The van der Waals surface area contributed by atoms with Gasteiger partial charge in [-0.3, -0.25) is 4.79 Å². The van der Waals surface area contributed by atoms with Crippen LogP contribution in [-0.2, 0) is 24.4 Å². The number of benzene rings is 4. The van der Waals surface area contributed by atoms with Gasteiger partial charge in [0.15, 0.2) is 0 Å². The van der Waals surface area contributed by atoms with Crippen molar-refractivity contribution in [2.75, 3.05) is 11.4 Å². The third kappa shape index (κ3) is 5.73. The molecule has 7 rings (SSSR count). The second kappa shape index (κ2) is 12.3. The first-order valence-corrected chi connectivity index (χ1v) is 15.2. The molecule has 230 valence electrons. The van der Waals surface area contributed by atoms with Crippen molar-refractivity contribution < 1.29 is 9.63 Å². The van der Waals surface area contributed by atoms with Crippen LogP contribution in [0.2, 0.25) is 0 Å². The van der Waals surface area contributed by atoms with Gasteiger partial charge in [-0.1, -0.05) is 60.7 Å². The number of hydrogen-bond donors (Lipinski definition) is 2. The van der Waals surface area contributed by atoms with Crippen LogP contribution in [0.25, 0.3) is 44.2 Å². The number of rotatable bonds is 10. The Bertz CT molecular complexity index is 2200. The van der Waals surface area contributed by atoms with Gasteiger partial charge in [0.25, 0.3) is 5.56 Å². The van der Waals surface area contributed by atoms with Gasteiger partial charge < -0.3 is 25.0 Å². The summed E-state index contributed by atoms with van der Waals surface area (Å²) in [6.07, 6.45) is 4.21. The van der Waals surface area contributed by atoms with Crippen molar-refractivity contribution in [3.05, 3.63) is 125 Å². The number of anilines is 1. The number of fused-ring (bicyclic) bond motifs is 3. The van der Waals surface area contributed by atoms with E-state index in [1.807, 2.05) is 18.3 Å². The zero-order chi connectivity index (χ0) is 31.6. The normalized spacial score (nSPS) is 11.4. The number of nitrogens with two attached hydrogens (primary N) is 1. The summed E-state index contributed by atoms with van der Waals surface area (Å²) in [6.45, 7) is 4.01. The Morgan fingerprint density at radius 2 is 1.63 bits per heavy atom. The maximum Gasteiger partial charge on any atom is 0.329 e. The van der Waals surface area contributed by atoms with E-state index in [1.165, 1.54) is 29.1 Å². The summed E-state index contributed by atoms with van der Waals surface area (Å²) in [4.78, 5) is 45.1. The fourth-order valence-electron chi connectivity index (χ4n) is 5.92. The van der Waals surface area contributed by atoms with E-state index in [0.717, 1.165) is 28.6 Å². The van der Waals surface area contributed by atoms with Crippen molar-refractivity contribution in [2.24, 2.45) is 5.73 Å². The Balaban J connectivity index is 1.37. The number of carbonyl (C=O) groups excluding carboxylic acids is 1. The minimum atomic E-state index is -0.468. The molecule has 3 heterocycles. The van der Waals surface area contributed by atoms with Gasteiger partial charge >= 0.3 is 5.97 Å². The molecule has 7 aromatic rings. The SMILES string of the molecule is CC(=O)On1cnc2cc3[nH]c(=O)c(-c4cn(CCCN)c5ccc(N(Cc6ccccc6)Cc6ccccc6)cc45)nc3cc21. The van der Waals surface area contributed by atoms with Crippen LogP contribution in [0.5, 0.6) is 0 Å². The lowest BCUT2D eigenvalue weighted by molar-refractivity contribution is -0.141. The van der Waals surface area contributed by atoms with Crippen molar-refractivity contribution in [3.8, 4) is 11.3 Å². The van der Waals surface area contributed by atoms with Crippen molar-refractivity contribution in [2.45, 2.75) is 33.0 Å². The fraction of sp³-hybridized carbons (Fsp3) is 0.167.